The number of nitro benzene ring substituents is 1. The molecule has 1 aromatic heterocycles. The summed E-state index contributed by atoms with van der Waals surface area (Å²) in [5.74, 6) is -0.194. The third-order valence-corrected chi connectivity index (χ3v) is 5.55. The topological polar surface area (TPSA) is 133 Å². The van der Waals surface area contributed by atoms with Crippen LogP contribution in [0.2, 0.25) is 0 Å². The van der Waals surface area contributed by atoms with E-state index >= 15 is 0 Å². The number of amides is 1. The van der Waals surface area contributed by atoms with Crippen molar-refractivity contribution in [2.24, 2.45) is 0 Å². The quantitative estimate of drug-likeness (QED) is 0.151. The molecule has 3 aromatic carbocycles. The molecule has 4 aromatic rings. The molecule has 0 aliphatic rings. The molecule has 2 N–H and O–H groups in total. The second-order valence-electron chi connectivity index (χ2n) is 7.68. The number of carbonyl (C=O) groups excluding carboxylic acids is 1. The van der Waals surface area contributed by atoms with Crippen molar-refractivity contribution < 1.29 is 23.6 Å². The number of nitrogens with one attached hydrogen (secondary N) is 2. The first-order chi connectivity index (χ1) is 17.8. The van der Waals surface area contributed by atoms with Gasteiger partial charge in [-0.15, -0.1) is 0 Å². The predicted octanol–water partition coefficient (Wildman–Crippen LogP) is 4.90. The van der Waals surface area contributed by atoms with Crippen LogP contribution >= 0.6 is 12.2 Å². The molecule has 188 valence electrons. The van der Waals surface area contributed by atoms with E-state index in [1.165, 1.54) is 19.2 Å². The lowest BCUT2D eigenvalue weighted by Gasteiger charge is -2.14. The van der Waals surface area contributed by atoms with E-state index in [9.17, 15) is 19.7 Å². The Hall–Kier alpha value is -4.77. The van der Waals surface area contributed by atoms with E-state index in [0.717, 1.165) is 11.5 Å². The van der Waals surface area contributed by atoms with Crippen LogP contribution in [0.3, 0.4) is 0 Å². The monoisotopic (exact) mass is 519 g/mol. The highest BCUT2D eigenvalue weighted by molar-refractivity contribution is 7.80. The fourth-order valence-corrected chi connectivity index (χ4v) is 3.85. The van der Waals surface area contributed by atoms with Crippen LogP contribution in [0.5, 0.6) is 11.5 Å². The van der Waals surface area contributed by atoms with Gasteiger partial charge in [-0.25, -0.2) is 4.79 Å². The molecule has 11 heteroatoms. The molecule has 0 spiro atoms. The van der Waals surface area contributed by atoms with Crippen LogP contribution < -0.4 is 25.7 Å². The summed E-state index contributed by atoms with van der Waals surface area (Å²) in [6.45, 7) is 1.94. The van der Waals surface area contributed by atoms with Gasteiger partial charge in [0.05, 0.1) is 29.9 Å². The van der Waals surface area contributed by atoms with Crippen LogP contribution in [0.25, 0.3) is 22.1 Å². The fraction of sp³-hybridized carbons (Fsp3) is 0.115. The molecule has 0 atom stereocenters. The Morgan fingerprint density at radius 2 is 1.84 bits per heavy atom. The number of anilines is 1. The minimum absolute atomic E-state index is 0.0220. The van der Waals surface area contributed by atoms with E-state index < -0.39 is 16.5 Å². The maximum atomic E-state index is 12.7. The van der Waals surface area contributed by atoms with E-state index in [1.54, 1.807) is 43.3 Å². The molecule has 0 saturated heterocycles. The van der Waals surface area contributed by atoms with Gasteiger partial charge in [-0.1, -0.05) is 24.3 Å². The third-order valence-electron chi connectivity index (χ3n) is 5.34. The Kier molecular flexibility index (Phi) is 7.44. The van der Waals surface area contributed by atoms with Gasteiger partial charge >= 0.3 is 11.3 Å². The van der Waals surface area contributed by atoms with E-state index in [-0.39, 0.29) is 28.7 Å². The zero-order valence-electron chi connectivity index (χ0n) is 19.8. The van der Waals surface area contributed by atoms with Gasteiger partial charge in [-0.3, -0.25) is 20.2 Å². The first kappa shape index (κ1) is 25.3. The van der Waals surface area contributed by atoms with Gasteiger partial charge in [-0.05, 0) is 61.1 Å². The van der Waals surface area contributed by atoms with E-state index in [2.05, 4.69) is 10.6 Å². The number of rotatable bonds is 7. The number of carbonyl (C=O) groups is 1. The summed E-state index contributed by atoms with van der Waals surface area (Å²) in [6, 6.07) is 17.7. The van der Waals surface area contributed by atoms with Gasteiger partial charge in [-0.2, -0.15) is 0 Å². The van der Waals surface area contributed by atoms with E-state index in [4.69, 9.17) is 26.1 Å². The molecule has 0 radical (unpaired) electrons. The van der Waals surface area contributed by atoms with Gasteiger partial charge in [0.15, 0.2) is 10.9 Å². The maximum Gasteiger partial charge on any atom is 0.344 e. The number of para-hydroxylation sites is 1. The van der Waals surface area contributed by atoms with Crippen LogP contribution in [0.1, 0.15) is 17.3 Å². The van der Waals surface area contributed by atoms with Crippen LogP contribution in [0.4, 0.5) is 11.4 Å². The summed E-state index contributed by atoms with van der Waals surface area (Å²) in [5.41, 5.74) is 0.908. The summed E-state index contributed by atoms with van der Waals surface area (Å²) >= 11 is 5.28. The van der Waals surface area contributed by atoms with Crippen molar-refractivity contribution in [3.8, 4) is 22.6 Å². The van der Waals surface area contributed by atoms with Crippen molar-refractivity contribution in [2.75, 3.05) is 19.0 Å². The molecule has 0 unspecified atom stereocenters. The third kappa shape index (κ3) is 5.57. The predicted molar refractivity (Wildman–Crippen MR) is 142 cm³/mol. The van der Waals surface area contributed by atoms with Crippen molar-refractivity contribution in [1.82, 2.24) is 5.32 Å². The first-order valence-electron chi connectivity index (χ1n) is 11.1. The number of ether oxygens (including phenoxy) is 2. The van der Waals surface area contributed by atoms with Crippen molar-refractivity contribution >= 4 is 45.6 Å². The number of thiocarbonyl (C=S) groups is 1. The summed E-state index contributed by atoms with van der Waals surface area (Å²) in [5, 5.41) is 17.4. The number of nitro groups is 1. The van der Waals surface area contributed by atoms with Gasteiger partial charge in [0.25, 0.3) is 5.91 Å². The summed E-state index contributed by atoms with van der Waals surface area (Å²) in [6.07, 6.45) is 0. The SMILES string of the molecule is CCOc1ccc(C(=O)NC(=S)Nc2cc(-c3cc4ccccc4oc3=O)ccc2OC)cc1[N+](=O)[O-]. The molecule has 1 heterocycles. The minimum atomic E-state index is -0.658. The smallest absolute Gasteiger partial charge is 0.344 e. The highest BCUT2D eigenvalue weighted by Crippen LogP contribution is 2.31. The van der Waals surface area contributed by atoms with Crippen LogP contribution in [-0.4, -0.2) is 29.7 Å². The second kappa shape index (κ2) is 10.9. The number of methoxy groups -OCH3 is 1. The van der Waals surface area contributed by atoms with Crippen molar-refractivity contribution in [3.05, 3.63) is 92.8 Å². The average Bonchev–Trinajstić information content (AvgIpc) is 2.88. The number of nitrogens with zero attached hydrogens (tertiary/aromatic N) is 1. The number of hydrogen-bond acceptors (Lipinski definition) is 8. The largest absolute Gasteiger partial charge is 0.495 e. The lowest BCUT2D eigenvalue weighted by molar-refractivity contribution is -0.385. The van der Waals surface area contributed by atoms with Crippen LogP contribution in [-0.2, 0) is 0 Å². The number of hydrogen-bond donors (Lipinski definition) is 2. The molecule has 0 fully saturated rings. The fourth-order valence-electron chi connectivity index (χ4n) is 3.64. The maximum absolute atomic E-state index is 12.7. The van der Waals surface area contributed by atoms with Crippen LogP contribution in [0.15, 0.2) is 75.9 Å². The van der Waals surface area contributed by atoms with Gasteiger partial charge < -0.3 is 19.2 Å². The lowest BCUT2D eigenvalue weighted by atomic mass is 10.0. The van der Waals surface area contributed by atoms with Gasteiger partial charge in [0.1, 0.15) is 11.3 Å². The minimum Gasteiger partial charge on any atom is -0.495 e. The van der Waals surface area contributed by atoms with Gasteiger partial charge in [0, 0.05) is 17.0 Å². The normalized spacial score (nSPS) is 10.5. The highest BCUT2D eigenvalue weighted by Gasteiger charge is 2.20. The van der Waals surface area contributed by atoms with E-state index in [1.807, 2.05) is 12.1 Å². The standard InChI is InChI=1S/C26H21N3O7S/c1-3-35-23-11-9-17(14-20(23)29(32)33)24(30)28-26(37)27-19-13-15(8-10-22(19)34-2)18-12-16-6-4-5-7-21(16)36-25(18)31/h4-14H,3H2,1-2H3,(H2,27,28,30,37). The zero-order chi connectivity index (χ0) is 26.5. The molecule has 0 saturated carbocycles. The number of benzene rings is 3. The lowest BCUT2D eigenvalue weighted by Crippen LogP contribution is -2.34. The number of fused-ring (bicyclic) bond motifs is 1. The van der Waals surface area contributed by atoms with Crippen LogP contribution in [0, 0.1) is 10.1 Å². The molecule has 0 bridgehead atoms. The van der Waals surface area contributed by atoms with Crippen molar-refractivity contribution in [3.63, 3.8) is 0 Å². The Labute approximate surface area is 216 Å². The molecule has 0 aliphatic carbocycles. The average molecular weight is 520 g/mol. The Morgan fingerprint density at radius 3 is 2.57 bits per heavy atom. The molecule has 10 nitrogen and oxygen atoms in total. The Balaban J connectivity index is 1.57. The zero-order valence-corrected chi connectivity index (χ0v) is 20.6. The first-order valence-corrected chi connectivity index (χ1v) is 11.5. The Bertz CT molecular complexity index is 1580. The molecule has 4 rings (SSSR count). The molecule has 0 aliphatic heterocycles. The van der Waals surface area contributed by atoms with Crippen molar-refractivity contribution in [1.29, 1.82) is 0 Å². The molecular weight excluding hydrogens is 498 g/mol. The van der Waals surface area contributed by atoms with Crippen molar-refractivity contribution in [2.45, 2.75) is 6.92 Å². The second-order valence-corrected chi connectivity index (χ2v) is 8.09. The summed E-state index contributed by atoms with van der Waals surface area (Å²) in [7, 11) is 1.46. The van der Waals surface area contributed by atoms with E-state index in [0.29, 0.717) is 28.1 Å². The Morgan fingerprint density at radius 1 is 1.08 bits per heavy atom. The summed E-state index contributed by atoms with van der Waals surface area (Å²) in [4.78, 5) is 36.1. The highest BCUT2D eigenvalue weighted by atomic mass is 32.1. The molecule has 1 amide bonds. The molecule has 37 heavy (non-hydrogen) atoms. The van der Waals surface area contributed by atoms with Gasteiger partial charge in [0.2, 0.25) is 0 Å². The summed E-state index contributed by atoms with van der Waals surface area (Å²) < 4.78 is 16.1. The molecular formula is C26H21N3O7S.